The molecule has 27 heavy (non-hydrogen) atoms. The van der Waals surface area contributed by atoms with Crippen molar-refractivity contribution >= 4 is 5.78 Å². The highest BCUT2D eigenvalue weighted by molar-refractivity contribution is 6.01. The van der Waals surface area contributed by atoms with Crippen LogP contribution in [0.2, 0.25) is 0 Å². The smallest absolute Gasteiger partial charge is 0.259 e. The topological polar surface area (TPSA) is 98.3 Å². The van der Waals surface area contributed by atoms with Gasteiger partial charge in [-0.3, -0.25) is 9.78 Å². The van der Waals surface area contributed by atoms with Gasteiger partial charge in [0.05, 0.1) is 23.7 Å². The Labute approximate surface area is 156 Å². The van der Waals surface area contributed by atoms with Crippen LogP contribution in [0.3, 0.4) is 0 Å². The average molecular weight is 365 g/mol. The fourth-order valence-corrected chi connectivity index (χ4v) is 3.28. The van der Waals surface area contributed by atoms with E-state index in [0.29, 0.717) is 34.7 Å². The highest BCUT2D eigenvalue weighted by atomic mass is 16.5. The largest absolute Gasteiger partial charge is 0.506 e. The third kappa shape index (κ3) is 3.05. The number of hydrogen-bond acceptors (Lipinski definition) is 7. The molecule has 1 N–H and O–H groups in total. The Morgan fingerprint density at radius 3 is 2.70 bits per heavy atom. The number of benzene rings is 1. The average Bonchev–Trinajstić information content (AvgIpc) is 3.18. The summed E-state index contributed by atoms with van der Waals surface area (Å²) in [7, 11) is 0. The van der Waals surface area contributed by atoms with Crippen LogP contribution in [0.25, 0.3) is 22.8 Å². The van der Waals surface area contributed by atoms with E-state index in [0.717, 1.165) is 12.8 Å². The van der Waals surface area contributed by atoms with Crippen LogP contribution >= 0.6 is 0 Å². The number of aromatic hydroxyl groups is 1. The summed E-state index contributed by atoms with van der Waals surface area (Å²) in [6, 6.07) is 6.82. The van der Waals surface area contributed by atoms with Gasteiger partial charge in [0.25, 0.3) is 5.89 Å². The SMILES string of the molecule is CCC1(CC)CC(=O)c2cc(-c3noc(-c4cncc(O)c4)n3)ccc2O1. The van der Waals surface area contributed by atoms with E-state index in [1.807, 2.05) is 19.9 Å². The van der Waals surface area contributed by atoms with Gasteiger partial charge in [-0.05, 0) is 37.1 Å². The van der Waals surface area contributed by atoms with Gasteiger partial charge in [-0.25, -0.2) is 0 Å². The van der Waals surface area contributed by atoms with Crippen LogP contribution < -0.4 is 4.74 Å². The molecule has 0 saturated heterocycles. The van der Waals surface area contributed by atoms with Crippen molar-refractivity contribution in [1.82, 2.24) is 15.1 Å². The van der Waals surface area contributed by atoms with Gasteiger partial charge in [-0.2, -0.15) is 4.98 Å². The lowest BCUT2D eigenvalue weighted by atomic mass is 9.85. The van der Waals surface area contributed by atoms with E-state index in [2.05, 4.69) is 15.1 Å². The van der Waals surface area contributed by atoms with Crippen molar-refractivity contribution < 1.29 is 19.2 Å². The molecular weight excluding hydrogens is 346 g/mol. The van der Waals surface area contributed by atoms with Crippen molar-refractivity contribution in [3.63, 3.8) is 0 Å². The minimum atomic E-state index is -0.423. The van der Waals surface area contributed by atoms with E-state index in [9.17, 15) is 9.90 Å². The predicted octanol–water partition coefficient (Wildman–Crippen LogP) is 4.03. The molecule has 0 aliphatic carbocycles. The van der Waals surface area contributed by atoms with Gasteiger partial charge in [-0.1, -0.05) is 19.0 Å². The lowest BCUT2D eigenvalue weighted by molar-refractivity contribution is 0.0350. The van der Waals surface area contributed by atoms with Gasteiger partial charge in [0.15, 0.2) is 5.78 Å². The number of fused-ring (bicyclic) bond motifs is 1. The first kappa shape index (κ1) is 17.2. The predicted molar refractivity (Wildman–Crippen MR) is 97.5 cm³/mol. The second kappa shape index (κ2) is 6.50. The molecule has 138 valence electrons. The second-order valence-electron chi connectivity index (χ2n) is 6.66. The molecule has 1 aliphatic heterocycles. The molecule has 2 aromatic heterocycles. The Hall–Kier alpha value is -3.22. The summed E-state index contributed by atoms with van der Waals surface area (Å²) in [6.07, 6.45) is 4.77. The third-order valence-corrected chi connectivity index (χ3v) is 5.03. The maximum absolute atomic E-state index is 12.7. The number of ketones is 1. The molecular formula is C20H19N3O4. The second-order valence-corrected chi connectivity index (χ2v) is 6.66. The van der Waals surface area contributed by atoms with Crippen molar-refractivity contribution in [3.05, 3.63) is 42.2 Å². The standard InChI is InChI=1S/C20H19N3O4/c1-3-20(4-2)9-16(25)15-8-12(5-6-17(15)26-20)18-22-19(27-23-18)13-7-14(24)11-21-10-13/h5-8,10-11,24H,3-4,9H2,1-2H3. The van der Waals surface area contributed by atoms with Crippen molar-refractivity contribution in [1.29, 1.82) is 0 Å². The Kier molecular flexibility index (Phi) is 4.14. The molecule has 1 aliphatic rings. The number of rotatable bonds is 4. The van der Waals surface area contributed by atoms with Crippen LogP contribution in [0.15, 0.2) is 41.2 Å². The first-order valence-electron chi connectivity index (χ1n) is 8.88. The molecule has 0 fully saturated rings. The summed E-state index contributed by atoms with van der Waals surface area (Å²) >= 11 is 0. The van der Waals surface area contributed by atoms with E-state index in [1.54, 1.807) is 12.1 Å². The Morgan fingerprint density at radius 1 is 1.15 bits per heavy atom. The molecule has 3 aromatic rings. The molecule has 0 radical (unpaired) electrons. The van der Waals surface area contributed by atoms with Crippen molar-refractivity contribution in [2.45, 2.75) is 38.7 Å². The van der Waals surface area contributed by atoms with E-state index in [1.165, 1.54) is 18.5 Å². The number of ether oxygens (including phenoxy) is 1. The lowest BCUT2D eigenvalue weighted by Gasteiger charge is -2.36. The molecule has 0 saturated carbocycles. The number of carbonyl (C=O) groups is 1. The van der Waals surface area contributed by atoms with Gasteiger partial charge in [0.2, 0.25) is 5.82 Å². The number of nitrogens with zero attached hydrogens (tertiary/aromatic N) is 3. The van der Waals surface area contributed by atoms with E-state index in [4.69, 9.17) is 9.26 Å². The highest BCUT2D eigenvalue weighted by Crippen LogP contribution is 2.38. The number of hydrogen-bond donors (Lipinski definition) is 1. The molecule has 1 aromatic carbocycles. The first-order valence-corrected chi connectivity index (χ1v) is 8.88. The maximum Gasteiger partial charge on any atom is 0.259 e. The van der Waals surface area contributed by atoms with E-state index in [-0.39, 0.29) is 17.4 Å². The fourth-order valence-electron chi connectivity index (χ4n) is 3.28. The Balaban J connectivity index is 1.68. The zero-order valence-corrected chi connectivity index (χ0v) is 15.1. The zero-order chi connectivity index (χ0) is 19.0. The van der Waals surface area contributed by atoms with Crippen molar-refractivity contribution in [3.8, 4) is 34.3 Å². The molecule has 7 nitrogen and oxygen atoms in total. The van der Waals surface area contributed by atoms with Crippen LogP contribution in [-0.4, -0.2) is 31.6 Å². The minimum absolute atomic E-state index is 0.0131. The molecule has 0 unspecified atom stereocenters. The summed E-state index contributed by atoms with van der Waals surface area (Å²) in [4.78, 5) is 20.9. The molecule has 3 heterocycles. The zero-order valence-electron chi connectivity index (χ0n) is 15.1. The summed E-state index contributed by atoms with van der Waals surface area (Å²) < 4.78 is 11.4. The third-order valence-electron chi connectivity index (χ3n) is 5.03. The maximum atomic E-state index is 12.7. The molecule has 0 amide bonds. The number of carbonyl (C=O) groups excluding carboxylic acids is 1. The Bertz CT molecular complexity index is 1010. The van der Waals surface area contributed by atoms with Gasteiger partial charge in [0.1, 0.15) is 17.1 Å². The summed E-state index contributed by atoms with van der Waals surface area (Å²) in [5.74, 6) is 1.26. The number of Topliss-reactive ketones (excluding diaryl/α,β-unsaturated/α-hetero) is 1. The number of pyridine rings is 1. The molecule has 4 rings (SSSR count). The van der Waals surface area contributed by atoms with E-state index < -0.39 is 5.60 Å². The summed E-state index contributed by atoms with van der Waals surface area (Å²) in [6.45, 7) is 4.07. The van der Waals surface area contributed by atoms with Crippen LogP contribution in [-0.2, 0) is 0 Å². The van der Waals surface area contributed by atoms with Gasteiger partial charge < -0.3 is 14.4 Å². The van der Waals surface area contributed by atoms with Gasteiger partial charge in [-0.15, -0.1) is 0 Å². The molecule has 7 heteroatoms. The van der Waals surface area contributed by atoms with Gasteiger partial charge in [0, 0.05) is 11.8 Å². The summed E-state index contributed by atoms with van der Waals surface area (Å²) in [5.41, 5.74) is 1.29. The van der Waals surface area contributed by atoms with Crippen LogP contribution in [0.5, 0.6) is 11.5 Å². The lowest BCUT2D eigenvalue weighted by Crippen LogP contribution is -2.40. The normalized spacial score (nSPS) is 15.3. The molecule has 0 bridgehead atoms. The highest BCUT2D eigenvalue weighted by Gasteiger charge is 2.37. The molecule has 0 spiro atoms. The van der Waals surface area contributed by atoms with Crippen LogP contribution in [0, 0.1) is 0 Å². The molecule has 0 atom stereocenters. The quantitative estimate of drug-likeness (QED) is 0.745. The van der Waals surface area contributed by atoms with Crippen LogP contribution in [0.1, 0.15) is 43.5 Å². The van der Waals surface area contributed by atoms with E-state index >= 15 is 0 Å². The number of aromatic nitrogens is 3. The fraction of sp³-hybridized carbons (Fsp3) is 0.300. The van der Waals surface area contributed by atoms with Crippen molar-refractivity contribution in [2.24, 2.45) is 0 Å². The van der Waals surface area contributed by atoms with Gasteiger partial charge >= 0.3 is 0 Å². The monoisotopic (exact) mass is 365 g/mol. The summed E-state index contributed by atoms with van der Waals surface area (Å²) in [5, 5.41) is 13.5. The minimum Gasteiger partial charge on any atom is -0.506 e. The van der Waals surface area contributed by atoms with Crippen molar-refractivity contribution in [2.75, 3.05) is 0 Å². The van der Waals surface area contributed by atoms with Crippen LogP contribution in [0.4, 0.5) is 0 Å². The Morgan fingerprint density at radius 2 is 1.96 bits per heavy atom. The first-order chi connectivity index (χ1) is 13.0.